The molecule has 176 valence electrons. The average Bonchev–Trinajstić information content (AvgIpc) is 3.36. The first-order valence-electron chi connectivity index (χ1n) is 11.8. The van der Waals surface area contributed by atoms with Crippen molar-refractivity contribution in [2.24, 2.45) is 0 Å². The van der Waals surface area contributed by atoms with E-state index in [1.165, 1.54) is 30.4 Å². The van der Waals surface area contributed by atoms with Crippen molar-refractivity contribution in [1.82, 2.24) is 15.2 Å². The molecule has 2 aromatic carbocycles. The van der Waals surface area contributed by atoms with Crippen molar-refractivity contribution in [3.05, 3.63) is 83.7 Å². The van der Waals surface area contributed by atoms with E-state index in [-0.39, 0.29) is 12.7 Å². The monoisotopic (exact) mass is 459 g/mol. The van der Waals surface area contributed by atoms with Gasteiger partial charge in [-0.1, -0.05) is 24.6 Å². The summed E-state index contributed by atoms with van der Waals surface area (Å²) in [7, 11) is 0. The van der Waals surface area contributed by atoms with Gasteiger partial charge in [-0.3, -0.25) is 14.7 Å². The molecule has 1 amide bonds. The van der Waals surface area contributed by atoms with Crippen LogP contribution in [0.3, 0.4) is 0 Å². The summed E-state index contributed by atoms with van der Waals surface area (Å²) in [6.45, 7) is 3.00. The molecule has 1 saturated heterocycles. The van der Waals surface area contributed by atoms with Crippen molar-refractivity contribution in [2.45, 2.75) is 31.8 Å². The highest BCUT2D eigenvalue weighted by atomic mass is 16.7. The smallest absolute Gasteiger partial charge is 0.251 e. The first-order chi connectivity index (χ1) is 16.8. The molecule has 7 heteroatoms. The molecule has 1 N–H and O–H groups in total. The Hall–Kier alpha value is -3.58. The SMILES string of the molecule is O=C(NCCOc1ccc(CN2CCCCC2c2cccnc2)cc1)c1ccc2c(c1)OCO2. The minimum absolute atomic E-state index is 0.165. The molecule has 0 bridgehead atoms. The Balaban J connectivity index is 1.09. The molecule has 1 atom stereocenters. The van der Waals surface area contributed by atoms with Crippen molar-refractivity contribution in [3.63, 3.8) is 0 Å². The molecule has 1 unspecified atom stereocenters. The topological polar surface area (TPSA) is 72.9 Å². The molecular formula is C27H29N3O4. The molecule has 0 saturated carbocycles. The highest BCUT2D eigenvalue weighted by molar-refractivity contribution is 5.94. The van der Waals surface area contributed by atoms with Crippen molar-refractivity contribution in [2.75, 3.05) is 26.5 Å². The molecule has 2 aliphatic heterocycles. The number of benzene rings is 2. The van der Waals surface area contributed by atoms with E-state index in [9.17, 15) is 4.79 Å². The second-order valence-electron chi connectivity index (χ2n) is 8.58. The summed E-state index contributed by atoms with van der Waals surface area (Å²) < 4.78 is 16.4. The van der Waals surface area contributed by atoms with Crippen LogP contribution in [0.25, 0.3) is 0 Å². The molecule has 0 spiro atoms. The molecular weight excluding hydrogens is 430 g/mol. The Bertz CT molecular complexity index is 1100. The van der Waals surface area contributed by atoms with E-state index in [0.717, 1.165) is 18.8 Å². The van der Waals surface area contributed by atoms with Crippen LogP contribution in [0.15, 0.2) is 67.0 Å². The van der Waals surface area contributed by atoms with Crippen molar-refractivity contribution in [3.8, 4) is 17.2 Å². The van der Waals surface area contributed by atoms with Gasteiger partial charge in [-0.2, -0.15) is 0 Å². The molecule has 34 heavy (non-hydrogen) atoms. The van der Waals surface area contributed by atoms with E-state index in [0.29, 0.717) is 36.3 Å². The quantitative estimate of drug-likeness (QED) is 0.505. The van der Waals surface area contributed by atoms with Gasteiger partial charge in [0.2, 0.25) is 6.79 Å². The van der Waals surface area contributed by atoms with Gasteiger partial charge in [0.05, 0.1) is 6.54 Å². The number of piperidine rings is 1. The number of fused-ring (bicyclic) bond motifs is 1. The van der Waals surface area contributed by atoms with Crippen LogP contribution in [0.5, 0.6) is 17.2 Å². The van der Waals surface area contributed by atoms with E-state index >= 15 is 0 Å². The van der Waals surface area contributed by atoms with Crippen LogP contribution in [0, 0.1) is 0 Å². The zero-order valence-electron chi connectivity index (χ0n) is 19.1. The largest absolute Gasteiger partial charge is 0.492 e. The van der Waals surface area contributed by atoms with Gasteiger partial charge in [0.1, 0.15) is 12.4 Å². The standard InChI is InChI=1S/C27H29N3O4/c31-27(21-8-11-25-26(16-21)34-19-33-25)29-13-15-32-23-9-6-20(7-10-23)18-30-14-2-1-5-24(30)22-4-3-12-28-17-22/h3-4,6-12,16-17,24H,1-2,5,13-15,18-19H2,(H,29,31). The maximum absolute atomic E-state index is 12.3. The molecule has 1 fully saturated rings. The van der Waals surface area contributed by atoms with Crippen LogP contribution >= 0.6 is 0 Å². The number of carbonyl (C=O) groups excluding carboxylic acids is 1. The van der Waals surface area contributed by atoms with Gasteiger partial charge in [0, 0.05) is 30.5 Å². The van der Waals surface area contributed by atoms with E-state index in [2.05, 4.69) is 33.4 Å². The molecule has 1 aromatic heterocycles. The molecule has 3 heterocycles. The van der Waals surface area contributed by atoms with Crippen molar-refractivity contribution < 1.29 is 19.0 Å². The third-order valence-corrected chi connectivity index (χ3v) is 6.28. The molecule has 0 radical (unpaired) electrons. The lowest BCUT2D eigenvalue weighted by Gasteiger charge is -2.36. The van der Waals surface area contributed by atoms with Crippen LogP contribution in [-0.4, -0.2) is 42.3 Å². The fourth-order valence-corrected chi connectivity index (χ4v) is 4.53. The number of rotatable bonds is 8. The zero-order chi connectivity index (χ0) is 23.2. The lowest BCUT2D eigenvalue weighted by atomic mass is 9.96. The van der Waals surface area contributed by atoms with Crippen molar-refractivity contribution >= 4 is 5.91 Å². The number of amides is 1. The Morgan fingerprint density at radius 3 is 2.82 bits per heavy atom. The number of hydrogen-bond donors (Lipinski definition) is 1. The van der Waals surface area contributed by atoms with Gasteiger partial charge in [0.15, 0.2) is 11.5 Å². The lowest BCUT2D eigenvalue weighted by molar-refractivity contribution is 0.0946. The Morgan fingerprint density at radius 1 is 1.09 bits per heavy atom. The number of likely N-dealkylation sites (tertiary alicyclic amines) is 1. The van der Waals surface area contributed by atoms with Crippen LogP contribution < -0.4 is 19.5 Å². The van der Waals surface area contributed by atoms with Gasteiger partial charge < -0.3 is 19.5 Å². The summed E-state index contributed by atoms with van der Waals surface area (Å²) in [5, 5.41) is 2.87. The van der Waals surface area contributed by atoms with Crippen LogP contribution in [0.1, 0.15) is 46.8 Å². The van der Waals surface area contributed by atoms with Gasteiger partial charge in [-0.15, -0.1) is 0 Å². The van der Waals surface area contributed by atoms with Crippen LogP contribution in [-0.2, 0) is 6.54 Å². The summed E-state index contributed by atoms with van der Waals surface area (Å²) in [5.74, 6) is 1.89. The van der Waals surface area contributed by atoms with E-state index in [1.54, 1.807) is 18.2 Å². The predicted molar refractivity (Wildman–Crippen MR) is 128 cm³/mol. The Labute approximate surface area is 199 Å². The summed E-state index contributed by atoms with van der Waals surface area (Å²) in [6.07, 6.45) is 7.48. The molecule has 2 aliphatic rings. The van der Waals surface area contributed by atoms with Gasteiger partial charge in [0.25, 0.3) is 5.91 Å². The first-order valence-corrected chi connectivity index (χ1v) is 11.8. The third kappa shape index (κ3) is 5.31. The molecule has 7 nitrogen and oxygen atoms in total. The Morgan fingerprint density at radius 2 is 1.97 bits per heavy atom. The van der Waals surface area contributed by atoms with Crippen molar-refractivity contribution in [1.29, 1.82) is 0 Å². The lowest BCUT2D eigenvalue weighted by Crippen LogP contribution is -2.32. The normalized spacial score (nSPS) is 17.4. The number of nitrogens with zero attached hydrogens (tertiary/aromatic N) is 2. The van der Waals surface area contributed by atoms with Gasteiger partial charge in [-0.05, 0) is 66.9 Å². The number of pyridine rings is 1. The highest BCUT2D eigenvalue weighted by Gasteiger charge is 2.24. The fraction of sp³-hybridized carbons (Fsp3) is 0.333. The maximum Gasteiger partial charge on any atom is 0.251 e. The minimum atomic E-state index is -0.165. The number of hydrogen-bond acceptors (Lipinski definition) is 6. The summed E-state index contributed by atoms with van der Waals surface area (Å²) in [4.78, 5) is 19.2. The summed E-state index contributed by atoms with van der Waals surface area (Å²) >= 11 is 0. The number of ether oxygens (including phenoxy) is 3. The van der Waals surface area contributed by atoms with Gasteiger partial charge in [-0.25, -0.2) is 0 Å². The second kappa shape index (κ2) is 10.6. The molecule has 5 rings (SSSR count). The number of aromatic nitrogens is 1. The average molecular weight is 460 g/mol. The molecule has 3 aromatic rings. The highest BCUT2D eigenvalue weighted by Crippen LogP contribution is 2.33. The zero-order valence-corrected chi connectivity index (χ0v) is 19.1. The Kier molecular flexibility index (Phi) is 6.91. The second-order valence-corrected chi connectivity index (χ2v) is 8.58. The number of nitrogens with one attached hydrogen (secondary N) is 1. The van der Waals surface area contributed by atoms with Crippen LogP contribution in [0.4, 0.5) is 0 Å². The van der Waals surface area contributed by atoms with Gasteiger partial charge >= 0.3 is 0 Å². The molecule has 0 aliphatic carbocycles. The van der Waals surface area contributed by atoms with E-state index < -0.39 is 0 Å². The summed E-state index contributed by atoms with van der Waals surface area (Å²) in [6, 6.07) is 18.0. The van der Waals surface area contributed by atoms with E-state index in [1.807, 2.05) is 30.6 Å². The summed E-state index contributed by atoms with van der Waals surface area (Å²) in [5.41, 5.74) is 3.10. The first kappa shape index (κ1) is 22.2. The van der Waals surface area contributed by atoms with Crippen LogP contribution in [0.2, 0.25) is 0 Å². The minimum Gasteiger partial charge on any atom is -0.492 e. The predicted octanol–water partition coefficient (Wildman–Crippen LogP) is 4.35. The number of carbonyl (C=O) groups is 1. The van der Waals surface area contributed by atoms with E-state index in [4.69, 9.17) is 14.2 Å². The fourth-order valence-electron chi connectivity index (χ4n) is 4.53. The third-order valence-electron chi connectivity index (χ3n) is 6.28. The maximum atomic E-state index is 12.3.